The lowest BCUT2D eigenvalue weighted by molar-refractivity contribution is 0.331. The van der Waals surface area contributed by atoms with Crippen molar-refractivity contribution in [2.24, 2.45) is 11.5 Å². The Morgan fingerprint density at radius 1 is 1.29 bits per heavy atom. The van der Waals surface area contributed by atoms with E-state index in [-0.39, 0.29) is 10.3 Å². The summed E-state index contributed by atoms with van der Waals surface area (Å²) in [5.41, 5.74) is 9.60. The average Bonchev–Trinajstić information content (AvgIpc) is 2.08. The lowest BCUT2D eigenvalue weighted by Crippen LogP contribution is -2.11. The molecule has 0 saturated heterocycles. The zero-order chi connectivity index (χ0) is 12.0. The SMILES string of the molecule is CC.CCOC(N)=S.N#COC(N)=S. The molecule has 0 aromatic rings. The summed E-state index contributed by atoms with van der Waals surface area (Å²) >= 11 is 8.48. The van der Waals surface area contributed by atoms with Crippen molar-refractivity contribution in [1.82, 2.24) is 0 Å². The molecule has 0 aromatic carbocycles. The number of thiocarbonyl (C=S) groups is 2. The van der Waals surface area contributed by atoms with Crippen molar-refractivity contribution in [2.45, 2.75) is 20.8 Å². The number of hydrogen-bond donors (Lipinski definition) is 2. The zero-order valence-electron chi connectivity index (χ0n) is 8.44. The van der Waals surface area contributed by atoms with Gasteiger partial charge in [0.1, 0.15) is 0 Å². The number of nitrogens with zero attached hydrogens (tertiary/aromatic N) is 1. The van der Waals surface area contributed by atoms with Crippen LogP contribution in [0.5, 0.6) is 0 Å². The Balaban J connectivity index is -0.000000147. The van der Waals surface area contributed by atoms with Crippen LogP contribution in [-0.4, -0.2) is 17.0 Å². The molecule has 0 unspecified atom stereocenters. The van der Waals surface area contributed by atoms with Gasteiger partial charge in [-0.1, -0.05) is 13.8 Å². The van der Waals surface area contributed by atoms with Crippen LogP contribution in [-0.2, 0) is 9.47 Å². The minimum absolute atomic E-state index is 0.123. The molecular formula is C7H15N3O2S2. The van der Waals surface area contributed by atoms with E-state index < -0.39 is 0 Å². The molecule has 0 radical (unpaired) electrons. The maximum absolute atomic E-state index is 7.60. The first-order valence-corrected chi connectivity index (χ1v) is 4.63. The van der Waals surface area contributed by atoms with E-state index in [1.54, 1.807) is 0 Å². The quantitative estimate of drug-likeness (QED) is 0.519. The molecule has 5 nitrogen and oxygen atoms in total. The molecule has 0 heterocycles. The molecule has 0 rings (SSSR count). The highest BCUT2D eigenvalue weighted by Crippen LogP contribution is 1.67. The predicted molar refractivity (Wildman–Crippen MR) is 63.2 cm³/mol. The summed E-state index contributed by atoms with van der Waals surface area (Å²) in [6.45, 7) is 6.40. The van der Waals surface area contributed by atoms with Crippen LogP contribution in [0.3, 0.4) is 0 Å². The molecule has 0 atom stereocenters. The molecule has 0 saturated carbocycles. The van der Waals surface area contributed by atoms with Crippen molar-refractivity contribution in [3.63, 3.8) is 0 Å². The summed E-state index contributed by atoms with van der Waals surface area (Å²) in [4.78, 5) is 0. The molecule has 82 valence electrons. The van der Waals surface area contributed by atoms with Gasteiger partial charge in [-0.25, -0.2) is 0 Å². The van der Waals surface area contributed by atoms with Crippen LogP contribution in [0.15, 0.2) is 0 Å². The predicted octanol–water partition coefficient (Wildman–Crippen LogP) is 1.02. The van der Waals surface area contributed by atoms with Gasteiger partial charge in [-0.3, -0.25) is 0 Å². The van der Waals surface area contributed by atoms with Gasteiger partial charge in [0, 0.05) is 0 Å². The molecule has 0 amide bonds. The molecule has 7 heteroatoms. The van der Waals surface area contributed by atoms with Crippen LogP contribution < -0.4 is 11.5 Å². The molecule has 0 aliphatic carbocycles. The third kappa shape index (κ3) is 44.6. The van der Waals surface area contributed by atoms with Gasteiger partial charge in [0.05, 0.1) is 6.61 Å². The fourth-order valence-corrected chi connectivity index (χ4v) is 0.342. The van der Waals surface area contributed by atoms with Crippen molar-refractivity contribution in [3.8, 4) is 6.26 Å². The second kappa shape index (κ2) is 17.8. The van der Waals surface area contributed by atoms with Gasteiger partial charge in [-0.05, 0) is 31.4 Å². The van der Waals surface area contributed by atoms with E-state index in [1.165, 1.54) is 6.26 Å². The zero-order valence-corrected chi connectivity index (χ0v) is 10.1. The minimum atomic E-state index is -0.238. The van der Waals surface area contributed by atoms with Crippen molar-refractivity contribution >= 4 is 34.8 Å². The first-order valence-electron chi connectivity index (χ1n) is 3.82. The molecule has 0 aliphatic rings. The Hall–Kier alpha value is -1.13. The van der Waals surface area contributed by atoms with E-state index in [9.17, 15) is 0 Å². The molecule has 0 spiro atoms. The summed E-state index contributed by atoms with van der Waals surface area (Å²) in [5, 5.41) is 7.48. The van der Waals surface area contributed by atoms with Gasteiger partial charge in [-0.15, -0.1) is 5.26 Å². The fourth-order valence-electron chi connectivity index (χ4n) is 0.187. The Bertz CT molecular complexity index is 192. The third-order valence-electron chi connectivity index (χ3n) is 0.433. The fraction of sp³-hybridized carbons (Fsp3) is 0.571. The Kier molecular flexibility index (Phi) is 23.7. The Morgan fingerprint density at radius 2 is 1.71 bits per heavy atom. The lowest BCUT2D eigenvalue weighted by atomic mass is 10.9. The van der Waals surface area contributed by atoms with E-state index in [0.29, 0.717) is 6.61 Å². The molecule has 0 aromatic heterocycles. The summed E-state index contributed by atoms with van der Waals surface area (Å²) in [6.07, 6.45) is 1.30. The maximum atomic E-state index is 7.60. The molecule has 0 fully saturated rings. The van der Waals surface area contributed by atoms with Crippen molar-refractivity contribution in [3.05, 3.63) is 0 Å². The molecule has 4 N–H and O–H groups in total. The van der Waals surface area contributed by atoms with Crippen LogP contribution in [0.2, 0.25) is 0 Å². The highest BCUT2D eigenvalue weighted by atomic mass is 32.1. The van der Waals surface area contributed by atoms with Gasteiger partial charge >= 0.3 is 0 Å². The first kappa shape index (κ1) is 18.6. The monoisotopic (exact) mass is 237 g/mol. The van der Waals surface area contributed by atoms with Gasteiger partial charge in [0.2, 0.25) is 0 Å². The number of ether oxygens (including phenoxy) is 2. The van der Waals surface area contributed by atoms with E-state index in [4.69, 9.17) is 11.0 Å². The normalized spacial score (nSPS) is 6.14. The second-order valence-corrected chi connectivity index (χ2v) is 2.07. The first-order chi connectivity index (χ1) is 6.54. The molecule has 14 heavy (non-hydrogen) atoms. The van der Waals surface area contributed by atoms with Crippen LogP contribution >= 0.6 is 24.4 Å². The van der Waals surface area contributed by atoms with Crippen LogP contribution in [0, 0.1) is 11.5 Å². The lowest BCUT2D eigenvalue weighted by Gasteiger charge is -1.93. The number of rotatable bonds is 1. The van der Waals surface area contributed by atoms with Crippen LogP contribution in [0.25, 0.3) is 0 Å². The summed E-state index contributed by atoms with van der Waals surface area (Å²) < 4.78 is 8.41. The summed E-state index contributed by atoms with van der Waals surface area (Å²) in [7, 11) is 0. The second-order valence-electron chi connectivity index (χ2n) is 1.26. The minimum Gasteiger partial charge on any atom is -0.472 e. The van der Waals surface area contributed by atoms with Crippen molar-refractivity contribution in [1.29, 1.82) is 5.26 Å². The highest BCUT2D eigenvalue weighted by Gasteiger charge is 1.77. The van der Waals surface area contributed by atoms with Gasteiger partial charge in [0.15, 0.2) is 0 Å². The topological polar surface area (TPSA) is 94.3 Å². The average molecular weight is 237 g/mol. The molecule has 0 bridgehead atoms. The Labute approximate surface area is 95.0 Å². The highest BCUT2D eigenvalue weighted by molar-refractivity contribution is 7.80. The largest absolute Gasteiger partial charge is 0.472 e. The van der Waals surface area contributed by atoms with E-state index in [2.05, 4.69) is 39.6 Å². The van der Waals surface area contributed by atoms with E-state index in [0.717, 1.165) is 0 Å². The summed E-state index contributed by atoms with van der Waals surface area (Å²) in [6, 6.07) is 0. The van der Waals surface area contributed by atoms with E-state index >= 15 is 0 Å². The number of nitriles is 1. The smallest absolute Gasteiger partial charge is 0.294 e. The van der Waals surface area contributed by atoms with Crippen molar-refractivity contribution in [2.75, 3.05) is 6.61 Å². The van der Waals surface area contributed by atoms with Gasteiger partial charge in [0.25, 0.3) is 16.6 Å². The number of nitrogens with two attached hydrogens (primary N) is 2. The number of hydrogen-bond acceptors (Lipinski definition) is 5. The van der Waals surface area contributed by atoms with Crippen LogP contribution in [0.4, 0.5) is 0 Å². The standard InChI is InChI=1S/C3H7NOS.C2H2N2OS.C2H6/c1-2-5-3(4)6;3-1-5-2(4)6;1-2/h2H2,1H3,(H2,4,6);(H2,4,6);1-2H3. The van der Waals surface area contributed by atoms with Gasteiger partial charge < -0.3 is 20.9 Å². The maximum Gasteiger partial charge on any atom is 0.294 e. The molecule has 0 aliphatic heterocycles. The molecular weight excluding hydrogens is 222 g/mol. The van der Waals surface area contributed by atoms with E-state index in [1.807, 2.05) is 20.8 Å². The van der Waals surface area contributed by atoms with Crippen molar-refractivity contribution < 1.29 is 9.47 Å². The summed E-state index contributed by atoms with van der Waals surface area (Å²) in [5.74, 6) is 0. The van der Waals surface area contributed by atoms with Crippen LogP contribution in [0.1, 0.15) is 20.8 Å². The third-order valence-corrected chi connectivity index (χ3v) is 0.634. The Morgan fingerprint density at radius 3 is 1.71 bits per heavy atom. The van der Waals surface area contributed by atoms with Gasteiger partial charge in [-0.2, -0.15) is 0 Å².